The highest BCUT2D eigenvalue weighted by molar-refractivity contribution is 5.84. The zero-order valence-corrected chi connectivity index (χ0v) is 9.86. The summed E-state index contributed by atoms with van der Waals surface area (Å²) in [4.78, 5) is 20.8. The van der Waals surface area contributed by atoms with Crippen molar-refractivity contribution in [2.45, 2.75) is 6.54 Å². The smallest absolute Gasteiger partial charge is 0.371 e. The molecule has 0 saturated heterocycles. The molecule has 9 heteroatoms. The minimum atomic E-state index is -1.17. The maximum absolute atomic E-state index is 10.8. The van der Waals surface area contributed by atoms with Crippen molar-refractivity contribution in [2.75, 3.05) is 5.32 Å². The summed E-state index contributed by atoms with van der Waals surface area (Å²) in [5.74, 6) is -0.916. The molecular formula is C10H10N4O5. The van der Waals surface area contributed by atoms with Gasteiger partial charge in [0.1, 0.15) is 12.0 Å². The van der Waals surface area contributed by atoms with Gasteiger partial charge in [-0.3, -0.25) is 14.8 Å². The van der Waals surface area contributed by atoms with Gasteiger partial charge in [0.05, 0.1) is 11.5 Å². The number of hydrogen-bond acceptors (Lipinski definition) is 6. The number of nitro groups is 1. The van der Waals surface area contributed by atoms with E-state index in [0.29, 0.717) is 5.76 Å². The molecule has 0 radical (unpaired) electrons. The average Bonchev–Trinajstić information content (AvgIpc) is 2.92. The van der Waals surface area contributed by atoms with E-state index in [-0.39, 0.29) is 23.8 Å². The van der Waals surface area contributed by atoms with Crippen LogP contribution in [0.5, 0.6) is 0 Å². The predicted molar refractivity (Wildman–Crippen MR) is 62.9 cm³/mol. The molecule has 19 heavy (non-hydrogen) atoms. The summed E-state index contributed by atoms with van der Waals surface area (Å²) in [6.07, 6.45) is 1.27. The van der Waals surface area contributed by atoms with Crippen molar-refractivity contribution in [2.24, 2.45) is 7.05 Å². The van der Waals surface area contributed by atoms with E-state index in [4.69, 9.17) is 9.52 Å². The first-order chi connectivity index (χ1) is 8.97. The van der Waals surface area contributed by atoms with E-state index in [1.165, 1.54) is 23.0 Å². The number of carboxylic acid groups (broad SMARTS) is 1. The van der Waals surface area contributed by atoms with E-state index in [0.717, 1.165) is 0 Å². The predicted octanol–water partition coefficient (Wildman–Crippen LogP) is 1.23. The minimum Gasteiger partial charge on any atom is -0.475 e. The van der Waals surface area contributed by atoms with Crippen LogP contribution in [-0.2, 0) is 13.6 Å². The van der Waals surface area contributed by atoms with Gasteiger partial charge < -0.3 is 14.8 Å². The molecule has 0 aliphatic rings. The number of furan rings is 1. The van der Waals surface area contributed by atoms with Crippen molar-refractivity contribution in [1.29, 1.82) is 0 Å². The number of aromatic carboxylic acids is 1. The minimum absolute atomic E-state index is 0.0979. The van der Waals surface area contributed by atoms with Crippen LogP contribution in [0.3, 0.4) is 0 Å². The highest BCUT2D eigenvalue weighted by atomic mass is 16.6. The lowest BCUT2D eigenvalue weighted by molar-refractivity contribution is -0.384. The van der Waals surface area contributed by atoms with Crippen molar-refractivity contribution in [3.63, 3.8) is 0 Å². The van der Waals surface area contributed by atoms with Crippen LogP contribution >= 0.6 is 0 Å². The number of aromatic nitrogens is 2. The zero-order chi connectivity index (χ0) is 14.0. The van der Waals surface area contributed by atoms with Crippen LogP contribution in [0, 0.1) is 10.1 Å². The first kappa shape index (κ1) is 12.6. The van der Waals surface area contributed by atoms with Crippen molar-refractivity contribution >= 4 is 17.5 Å². The Labute approximate surface area is 106 Å². The molecule has 0 fully saturated rings. The van der Waals surface area contributed by atoms with E-state index < -0.39 is 10.9 Å². The molecule has 0 amide bonds. The molecular weight excluding hydrogens is 256 g/mol. The Morgan fingerprint density at radius 1 is 1.63 bits per heavy atom. The third kappa shape index (κ3) is 2.70. The van der Waals surface area contributed by atoms with Gasteiger partial charge in [-0.2, -0.15) is 0 Å². The molecule has 2 N–H and O–H groups in total. The third-order valence-electron chi connectivity index (χ3n) is 2.31. The fraction of sp³-hybridized carbons (Fsp3) is 0.200. The Morgan fingerprint density at radius 2 is 2.37 bits per heavy atom. The SMILES string of the molecule is Cn1cc([N+](=O)[O-])c(NCc2ccc(C(=O)O)o2)n1. The van der Waals surface area contributed by atoms with Crippen LogP contribution in [0.1, 0.15) is 16.3 Å². The molecule has 0 saturated carbocycles. The van der Waals surface area contributed by atoms with Gasteiger partial charge in [-0.15, -0.1) is 5.10 Å². The Kier molecular flexibility index (Phi) is 3.19. The van der Waals surface area contributed by atoms with Crippen molar-refractivity contribution in [1.82, 2.24) is 9.78 Å². The lowest BCUT2D eigenvalue weighted by Gasteiger charge is -1.99. The molecule has 0 bridgehead atoms. The Hall–Kier alpha value is -2.84. The van der Waals surface area contributed by atoms with Crippen molar-refractivity contribution < 1.29 is 19.2 Å². The second-order valence-corrected chi connectivity index (χ2v) is 3.72. The normalized spacial score (nSPS) is 10.4. The first-order valence-corrected chi connectivity index (χ1v) is 5.21. The second kappa shape index (κ2) is 4.80. The number of nitrogens with one attached hydrogen (secondary N) is 1. The summed E-state index contributed by atoms with van der Waals surface area (Å²) < 4.78 is 6.32. The molecule has 0 aliphatic heterocycles. The van der Waals surface area contributed by atoms with Crippen LogP contribution in [0.4, 0.5) is 11.5 Å². The number of aryl methyl sites for hydroxylation is 1. The van der Waals surface area contributed by atoms with E-state index in [1.807, 2.05) is 0 Å². The molecule has 0 atom stereocenters. The zero-order valence-electron chi connectivity index (χ0n) is 9.86. The molecule has 0 unspecified atom stereocenters. The van der Waals surface area contributed by atoms with E-state index >= 15 is 0 Å². The number of carbonyl (C=O) groups is 1. The van der Waals surface area contributed by atoms with E-state index in [9.17, 15) is 14.9 Å². The summed E-state index contributed by atoms with van der Waals surface area (Å²) in [6.45, 7) is 0.102. The number of carboxylic acids is 1. The summed E-state index contributed by atoms with van der Waals surface area (Å²) in [6, 6.07) is 2.79. The summed E-state index contributed by atoms with van der Waals surface area (Å²) in [5, 5.41) is 26.1. The fourth-order valence-corrected chi connectivity index (χ4v) is 1.49. The highest BCUT2D eigenvalue weighted by Crippen LogP contribution is 2.22. The topological polar surface area (TPSA) is 123 Å². The summed E-state index contributed by atoms with van der Waals surface area (Å²) >= 11 is 0. The van der Waals surface area contributed by atoms with Crippen molar-refractivity contribution in [3.8, 4) is 0 Å². The number of nitrogens with zero attached hydrogens (tertiary/aromatic N) is 3. The first-order valence-electron chi connectivity index (χ1n) is 5.21. The Balaban J connectivity index is 2.09. The number of rotatable bonds is 5. The number of anilines is 1. The lowest BCUT2D eigenvalue weighted by atomic mass is 10.4. The van der Waals surface area contributed by atoms with Crippen LogP contribution < -0.4 is 5.32 Å². The van der Waals surface area contributed by atoms with Gasteiger partial charge in [0.25, 0.3) is 0 Å². The molecule has 0 aliphatic carbocycles. The molecule has 100 valence electrons. The molecule has 2 aromatic heterocycles. The molecule has 0 spiro atoms. The van der Waals surface area contributed by atoms with Crippen LogP contribution in [0.25, 0.3) is 0 Å². The van der Waals surface area contributed by atoms with Gasteiger partial charge in [-0.05, 0) is 12.1 Å². The van der Waals surface area contributed by atoms with Crippen LogP contribution in [0.2, 0.25) is 0 Å². The van der Waals surface area contributed by atoms with Gasteiger partial charge in [0, 0.05) is 7.05 Å². The fourth-order valence-electron chi connectivity index (χ4n) is 1.49. The molecule has 2 heterocycles. The number of hydrogen-bond donors (Lipinski definition) is 2. The van der Waals surface area contributed by atoms with Crippen LogP contribution in [-0.4, -0.2) is 25.8 Å². The molecule has 9 nitrogen and oxygen atoms in total. The monoisotopic (exact) mass is 266 g/mol. The molecule has 2 rings (SSSR count). The van der Waals surface area contributed by atoms with E-state index in [2.05, 4.69) is 10.4 Å². The molecule has 0 aromatic carbocycles. The lowest BCUT2D eigenvalue weighted by Crippen LogP contribution is -2.02. The van der Waals surface area contributed by atoms with Gasteiger partial charge >= 0.3 is 11.7 Å². The standard InChI is InChI=1S/C10H10N4O5/c1-13-5-7(14(17)18)9(12-13)11-4-6-2-3-8(19-6)10(15)16/h2-3,5H,4H2,1H3,(H,11,12)(H,15,16). The van der Waals surface area contributed by atoms with Gasteiger partial charge in [-0.25, -0.2) is 4.79 Å². The highest BCUT2D eigenvalue weighted by Gasteiger charge is 2.18. The quantitative estimate of drug-likeness (QED) is 0.616. The largest absolute Gasteiger partial charge is 0.475 e. The summed E-state index contributed by atoms with van der Waals surface area (Å²) in [5.41, 5.74) is -0.160. The van der Waals surface area contributed by atoms with E-state index in [1.54, 1.807) is 7.05 Å². The summed E-state index contributed by atoms with van der Waals surface area (Å²) in [7, 11) is 1.56. The van der Waals surface area contributed by atoms with Gasteiger partial charge in [0.15, 0.2) is 0 Å². The molecule has 2 aromatic rings. The van der Waals surface area contributed by atoms with Crippen LogP contribution in [0.15, 0.2) is 22.7 Å². The maximum atomic E-state index is 10.8. The third-order valence-corrected chi connectivity index (χ3v) is 2.31. The Morgan fingerprint density at radius 3 is 2.95 bits per heavy atom. The van der Waals surface area contributed by atoms with Gasteiger partial charge in [0.2, 0.25) is 11.6 Å². The maximum Gasteiger partial charge on any atom is 0.371 e. The average molecular weight is 266 g/mol. The second-order valence-electron chi connectivity index (χ2n) is 3.72. The Bertz CT molecular complexity index is 630. The van der Waals surface area contributed by atoms with Crippen molar-refractivity contribution in [3.05, 3.63) is 40.0 Å². The van der Waals surface area contributed by atoms with Gasteiger partial charge in [-0.1, -0.05) is 0 Å².